The summed E-state index contributed by atoms with van der Waals surface area (Å²) in [7, 11) is 1.97. The van der Waals surface area contributed by atoms with Crippen LogP contribution in [0.15, 0.2) is 12.2 Å². The first kappa shape index (κ1) is 14.5. The largest absolute Gasteiger partial charge is 0.342 e. The van der Waals surface area contributed by atoms with Gasteiger partial charge in [0.05, 0.1) is 6.54 Å². The molecule has 1 aliphatic carbocycles. The quantitative estimate of drug-likeness (QED) is 0.781. The molecule has 1 saturated carbocycles. The highest BCUT2D eigenvalue weighted by Crippen LogP contribution is 2.22. The van der Waals surface area contributed by atoms with Gasteiger partial charge in [0.15, 0.2) is 0 Å². The molecular weight excluding hydrogens is 238 g/mol. The van der Waals surface area contributed by atoms with E-state index in [9.17, 15) is 4.79 Å². The van der Waals surface area contributed by atoms with Crippen molar-refractivity contribution in [1.82, 2.24) is 9.80 Å². The minimum absolute atomic E-state index is 0.234. The summed E-state index contributed by atoms with van der Waals surface area (Å²) < 4.78 is 0. The summed E-state index contributed by atoms with van der Waals surface area (Å²) >= 11 is 0. The Hall–Kier alpha value is -0.870. The van der Waals surface area contributed by atoms with Crippen molar-refractivity contribution in [1.29, 1.82) is 0 Å². The zero-order valence-corrected chi connectivity index (χ0v) is 12.1. The molecule has 108 valence electrons. The van der Waals surface area contributed by atoms with E-state index < -0.39 is 0 Å². The molecular formula is C15H27N3O. The Labute approximate surface area is 116 Å². The summed E-state index contributed by atoms with van der Waals surface area (Å²) in [4.78, 5) is 16.6. The predicted octanol–water partition coefficient (Wildman–Crippen LogP) is 1.37. The Morgan fingerprint density at radius 2 is 2.11 bits per heavy atom. The van der Waals surface area contributed by atoms with E-state index in [4.69, 9.17) is 5.73 Å². The molecule has 0 saturated heterocycles. The number of nitrogens with zero attached hydrogens (tertiary/aromatic N) is 2. The highest BCUT2D eigenvalue weighted by molar-refractivity contribution is 5.78. The van der Waals surface area contributed by atoms with Crippen LogP contribution in [0.1, 0.15) is 38.5 Å². The maximum atomic E-state index is 12.4. The van der Waals surface area contributed by atoms with E-state index in [1.54, 1.807) is 0 Å². The third kappa shape index (κ3) is 3.80. The van der Waals surface area contributed by atoms with E-state index in [1.165, 1.54) is 32.1 Å². The van der Waals surface area contributed by atoms with Crippen LogP contribution in [0.2, 0.25) is 0 Å². The fourth-order valence-corrected chi connectivity index (χ4v) is 3.16. The lowest BCUT2D eigenvalue weighted by Gasteiger charge is -2.35. The number of nitrogens with two attached hydrogens (primary N) is 1. The van der Waals surface area contributed by atoms with Crippen molar-refractivity contribution in [3.63, 3.8) is 0 Å². The van der Waals surface area contributed by atoms with Crippen molar-refractivity contribution in [3.05, 3.63) is 12.2 Å². The van der Waals surface area contributed by atoms with Crippen LogP contribution in [0.25, 0.3) is 0 Å². The molecule has 1 fully saturated rings. The van der Waals surface area contributed by atoms with Crippen LogP contribution in [0.4, 0.5) is 0 Å². The molecule has 1 heterocycles. The number of carbonyl (C=O) groups is 1. The lowest BCUT2D eigenvalue weighted by molar-refractivity contribution is -0.134. The van der Waals surface area contributed by atoms with Crippen LogP contribution in [-0.4, -0.2) is 54.5 Å². The molecule has 0 bridgehead atoms. The zero-order valence-electron chi connectivity index (χ0n) is 12.1. The summed E-state index contributed by atoms with van der Waals surface area (Å²) in [5.74, 6) is 0.251. The van der Waals surface area contributed by atoms with Gasteiger partial charge in [0.25, 0.3) is 0 Å². The van der Waals surface area contributed by atoms with Crippen LogP contribution in [0.5, 0.6) is 0 Å². The van der Waals surface area contributed by atoms with Crippen molar-refractivity contribution in [2.75, 3.05) is 26.7 Å². The van der Waals surface area contributed by atoms with Crippen LogP contribution >= 0.6 is 0 Å². The van der Waals surface area contributed by atoms with Crippen molar-refractivity contribution < 1.29 is 4.79 Å². The summed E-state index contributed by atoms with van der Waals surface area (Å²) in [5.41, 5.74) is 5.77. The SMILES string of the molecule is CN(C(=O)CN1CCC=CC1CN)C1CCCCC1. The number of carbonyl (C=O) groups excluding carboxylic acids is 1. The topological polar surface area (TPSA) is 49.6 Å². The fourth-order valence-electron chi connectivity index (χ4n) is 3.16. The number of rotatable bonds is 4. The van der Waals surface area contributed by atoms with Crippen molar-refractivity contribution in [2.24, 2.45) is 5.73 Å². The Kier molecular flexibility index (Phi) is 5.40. The van der Waals surface area contributed by atoms with Gasteiger partial charge in [-0.05, 0) is 19.3 Å². The number of likely N-dealkylation sites (N-methyl/N-ethyl adjacent to an activating group) is 1. The van der Waals surface area contributed by atoms with Gasteiger partial charge in [0.1, 0.15) is 0 Å². The van der Waals surface area contributed by atoms with Gasteiger partial charge in [-0.3, -0.25) is 9.69 Å². The lowest BCUT2D eigenvalue weighted by Crippen LogP contribution is -2.49. The van der Waals surface area contributed by atoms with Crippen LogP contribution in [0, 0.1) is 0 Å². The average molecular weight is 265 g/mol. The summed E-state index contributed by atoms with van der Waals surface area (Å²) in [6.07, 6.45) is 11.5. The van der Waals surface area contributed by atoms with E-state index >= 15 is 0 Å². The molecule has 2 N–H and O–H groups in total. The van der Waals surface area contributed by atoms with Gasteiger partial charge in [-0.15, -0.1) is 0 Å². The monoisotopic (exact) mass is 265 g/mol. The second-order valence-electron chi connectivity index (χ2n) is 5.79. The van der Waals surface area contributed by atoms with E-state index in [1.807, 2.05) is 11.9 Å². The van der Waals surface area contributed by atoms with E-state index in [0.29, 0.717) is 19.1 Å². The van der Waals surface area contributed by atoms with Crippen molar-refractivity contribution in [3.8, 4) is 0 Å². The first-order valence-corrected chi connectivity index (χ1v) is 7.59. The first-order valence-electron chi connectivity index (χ1n) is 7.59. The minimum Gasteiger partial charge on any atom is -0.342 e. The lowest BCUT2D eigenvalue weighted by atomic mass is 9.94. The maximum Gasteiger partial charge on any atom is 0.236 e. The fraction of sp³-hybridized carbons (Fsp3) is 0.800. The molecule has 0 aromatic rings. The summed E-state index contributed by atoms with van der Waals surface area (Å²) in [5, 5.41) is 0. The third-order valence-electron chi connectivity index (χ3n) is 4.51. The highest BCUT2D eigenvalue weighted by Gasteiger charge is 2.25. The molecule has 0 aromatic carbocycles. The third-order valence-corrected chi connectivity index (χ3v) is 4.51. The van der Waals surface area contributed by atoms with Gasteiger partial charge in [0.2, 0.25) is 5.91 Å². The highest BCUT2D eigenvalue weighted by atomic mass is 16.2. The molecule has 0 spiro atoms. The smallest absolute Gasteiger partial charge is 0.236 e. The molecule has 0 aromatic heterocycles. The number of amides is 1. The Bertz CT molecular complexity index is 323. The van der Waals surface area contributed by atoms with Gasteiger partial charge in [-0.25, -0.2) is 0 Å². The Morgan fingerprint density at radius 1 is 1.37 bits per heavy atom. The molecule has 2 aliphatic rings. The Morgan fingerprint density at radius 3 is 2.79 bits per heavy atom. The van der Waals surface area contributed by atoms with Crippen molar-refractivity contribution >= 4 is 5.91 Å². The molecule has 2 rings (SSSR count). The normalized spacial score (nSPS) is 25.5. The van der Waals surface area contributed by atoms with E-state index in [0.717, 1.165) is 13.0 Å². The molecule has 1 atom stereocenters. The van der Waals surface area contributed by atoms with Gasteiger partial charge >= 0.3 is 0 Å². The minimum atomic E-state index is 0.234. The number of hydrogen-bond donors (Lipinski definition) is 1. The molecule has 4 nitrogen and oxygen atoms in total. The van der Waals surface area contributed by atoms with Crippen LogP contribution < -0.4 is 5.73 Å². The maximum absolute atomic E-state index is 12.4. The summed E-state index contributed by atoms with van der Waals surface area (Å²) in [6, 6.07) is 0.690. The van der Waals surface area contributed by atoms with Gasteiger partial charge in [0, 0.05) is 32.2 Å². The van der Waals surface area contributed by atoms with Gasteiger partial charge in [-0.2, -0.15) is 0 Å². The van der Waals surface area contributed by atoms with Crippen LogP contribution in [0.3, 0.4) is 0 Å². The molecule has 1 aliphatic heterocycles. The standard InChI is InChI=1S/C15H27N3O/c1-17(13-7-3-2-4-8-13)15(19)12-18-10-6-5-9-14(18)11-16/h5,9,13-14H,2-4,6-8,10-12,16H2,1H3. The molecule has 0 radical (unpaired) electrons. The average Bonchev–Trinajstić information content (AvgIpc) is 2.48. The second kappa shape index (κ2) is 7.06. The first-order chi connectivity index (χ1) is 9.22. The van der Waals surface area contributed by atoms with Crippen molar-refractivity contribution in [2.45, 2.75) is 50.6 Å². The van der Waals surface area contributed by atoms with Gasteiger partial charge in [-0.1, -0.05) is 31.4 Å². The number of hydrogen-bond acceptors (Lipinski definition) is 3. The van der Waals surface area contributed by atoms with E-state index in [-0.39, 0.29) is 11.9 Å². The van der Waals surface area contributed by atoms with Gasteiger partial charge < -0.3 is 10.6 Å². The Balaban J connectivity index is 1.87. The molecule has 4 heteroatoms. The second-order valence-corrected chi connectivity index (χ2v) is 5.79. The molecule has 19 heavy (non-hydrogen) atoms. The van der Waals surface area contributed by atoms with Crippen LogP contribution in [-0.2, 0) is 4.79 Å². The zero-order chi connectivity index (χ0) is 13.7. The predicted molar refractivity (Wildman–Crippen MR) is 77.8 cm³/mol. The van der Waals surface area contributed by atoms with E-state index in [2.05, 4.69) is 17.1 Å². The summed E-state index contributed by atoms with van der Waals surface area (Å²) in [6.45, 7) is 2.05. The molecule has 1 amide bonds. The molecule has 1 unspecified atom stereocenters.